The molecule has 1 N–H and O–H groups in total. The van der Waals surface area contributed by atoms with Crippen LogP contribution in [-0.2, 0) is 4.74 Å². The lowest BCUT2D eigenvalue weighted by Gasteiger charge is -2.37. The first-order valence-electron chi connectivity index (χ1n) is 7.59. The molecule has 0 bridgehead atoms. The molecule has 1 aromatic rings. The second-order valence-electron chi connectivity index (χ2n) is 5.88. The van der Waals surface area contributed by atoms with Gasteiger partial charge in [0.2, 0.25) is 11.4 Å². The summed E-state index contributed by atoms with van der Waals surface area (Å²) in [6.45, 7) is 1.82. The van der Waals surface area contributed by atoms with E-state index in [-0.39, 0.29) is 33.8 Å². The smallest absolute Gasteiger partial charge is 0.231 e. The zero-order chi connectivity index (χ0) is 18.4. The molecular formula is C17H18ClNO6. The van der Waals surface area contributed by atoms with E-state index in [2.05, 4.69) is 5.16 Å². The van der Waals surface area contributed by atoms with Gasteiger partial charge in [0.25, 0.3) is 0 Å². The largest absolute Gasteiger partial charge is 0.496 e. The first-order valence-corrected chi connectivity index (χ1v) is 7.97. The fourth-order valence-electron chi connectivity index (χ4n) is 3.39. The van der Waals surface area contributed by atoms with Crippen LogP contribution < -0.4 is 14.2 Å². The highest BCUT2D eigenvalue weighted by Gasteiger charge is 2.59. The summed E-state index contributed by atoms with van der Waals surface area (Å²) in [6, 6.07) is 1.55. The third kappa shape index (κ3) is 2.26. The van der Waals surface area contributed by atoms with Gasteiger partial charge < -0.3 is 24.2 Å². The minimum Gasteiger partial charge on any atom is -0.496 e. The summed E-state index contributed by atoms with van der Waals surface area (Å²) in [7, 11) is 4.35. The Labute approximate surface area is 149 Å². The van der Waals surface area contributed by atoms with Crippen LogP contribution in [0.5, 0.6) is 17.2 Å². The average molecular weight is 368 g/mol. The third-order valence-corrected chi connectivity index (χ3v) is 5.00. The van der Waals surface area contributed by atoms with Gasteiger partial charge in [-0.15, -0.1) is 0 Å². The van der Waals surface area contributed by atoms with Gasteiger partial charge in [0.1, 0.15) is 27.8 Å². The van der Waals surface area contributed by atoms with Gasteiger partial charge in [-0.2, -0.15) is 0 Å². The molecule has 0 aromatic heterocycles. The number of ketones is 1. The second-order valence-corrected chi connectivity index (χ2v) is 6.25. The topological polar surface area (TPSA) is 86.6 Å². The molecule has 3 rings (SSSR count). The molecule has 7 nitrogen and oxygen atoms in total. The number of hydrogen-bond donors (Lipinski definition) is 1. The van der Waals surface area contributed by atoms with Crippen LogP contribution in [0.1, 0.15) is 23.7 Å². The number of hydrogen-bond acceptors (Lipinski definition) is 7. The van der Waals surface area contributed by atoms with E-state index in [1.165, 1.54) is 27.4 Å². The van der Waals surface area contributed by atoms with Crippen molar-refractivity contribution in [3.05, 3.63) is 28.5 Å². The molecule has 0 amide bonds. The predicted octanol–water partition coefficient (Wildman–Crippen LogP) is 3.07. The number of benzene rings is 1. The van der Waals surface area contributed by atoms with Crippen molar-refractivity contribution in [2.75, 3.05) is 21.3 Å². The Bertz CT molecular complexity index is 803. The number of nitrogens with zero attached hydrogens (tertiary/aromatic N) is 1. The van der Waals surface area contributed by atoms with Crippen LogP contribution in [0.4, 0.5) is 0 Å². The summed E-state index contributed by atoms with van der Waals surface area (Å²) in [4.78, 5) is 13.4. The van der Waals surface area contributed by atoms with Crippen LogP contribution in [0.2, 0.25) is 5.02 Å². The van der Waals surface area contributed by atoms with Gasteiger partial charge in [-0.3, -0.25) is 4.79 Å². The molecule has 2 atom stereocenters. The lowest BCUT2D eigenvalue weighted by atomic mass is 9.75. The van der Waals surface area contributed by atoms with E-state index in [1.807, 2.05) is 6.92 Å². The Hall–Kier alpha value is -2.41. The van der Waals surface area contributed by atoms with E-state index in [4.69, 9.17) is 35.8 Å². The van der Waals surface area contributed by atoms with Gasteiger partial charge in [0.15, 0.2) is 5.75 Å². The van der Waals surface area contributed by atoms with Crippen LogP contribution in [0.3, 0.4) is 0 Å². The molecule has 2 aliphatic rings. The number of carbonyl (C=O) groups excluding carboxylic acids is 1. The third-order valence-electron chi connectivity index (χ3n) is 4.64. The van der Waals surface area contributed by atoms with Crippen molar-refractivity contribution in [2.24, 2.45) is 11.1 Å². The van der Waals surface area contributed by atoms with Crippen molar-refractivity contribution >= 4 is 23.1 Å². The second kappa shape index (κ2) is 6.15. The first kappa shape index (κ1) is 17.4. The highest BCUT2D eigenvalue weighted by Crippen LogP contribution is 2.54. The van der Waals surface area contributed by atoms with Crippen molar-refractivity contribution in [3.63, 3.8) is 0 Å². The Morgan fingerprint density at radius 1 is 1.28 bits per heavy atom. The number of oxime groups is 1. The molecule has 1 aliphatic carbocycles. The average Bonchev–Trinajstić information content (AvgIpc) is 2.93. The number of Topliss-reactive ketones (excluding diaryl/α,β-unsaturated/α-hetero) is 1. The van der Waals surface area contributed by atoms with E-state index in [1.54, 1.807) is 6.07 Å². The quantitative estimate of drug-likeness (QED) is 0.652. The van der Waals surface area contributed by atoms with Crippen LogP contribution in [0, 0.1) is 5.92 Å². The number of methoxy groups -OCH3 is 3. The maximum Gasteiger partial charge on any atom is 0.231 e. The molecule has 134 valence electrons. The molecule has 1 aromatic carbocycles. The molecule has 0 radical (unpaired) electrons. The van der Waals surface area contributed by atoms with Crippen molar-refractivity contribution in [2.45, 2.75) is 18.9 Å². The van der Waals surface area contributed by atoms with Gasteiger partial charge in [-0.05, 0) is 0 Å². The van der Waals surface area contributed by atoms with Crippen molar-refractivity contribution in [3.8, 4) is 17.2 Å². The SMILES string of the molecule is COC1=C/C(=N/O)CC(C)C12Oc1c(Cl)c(OC)cc(OC)c1C2=O. The molecule has 2 unspecified atom stereocenters. The van der Waals surface area contributed by atoms with Gasteiger partial charge >= 0.3 is 0 Å². The van der Waals surface area contributed by atoms with Gasteiger partial charge in [0.05, 0.1) is 27.0 Å². The van der Waals surface area contributed by atoms with E-state index in [9.17, 15) is 4.79 Å². The van der Waals surface area contributed by atoms with Gasteiger partial charge in [0, 0.05) is 24.5 Å². The summed E-state index contributed by atoms with van der Waals surface area (Å²) >= 11 is 6.36. The normalized spacial score (nSPS) is 26.3. The highest BCUT2D eigenvalue weighted by atomic mass is 35.5. The Kier molecular flexibility index (Phi) is 4.28. The fraction of sp³-hybridized carbons (Fsp3) is 0.412. The Balaban J connectivity index is 2.25. The monoisotopic (exact) mass is 367 g/mol. The van der Waals surface area contributed by atoms with Crippen LogP contribution in [-0.4, -0.2) is 43.6 Å². The zero-order valence-corrected chi connectivity index (χ0v) is 15.0. The molecule has 8 heteroatoms. The molecular weight excluding hydrogens is 350 g/mol. The van der Waals surface area contributed by atoms with Gasteiger partial charge in [-0.1, -0.05) is 23.7 Å². The summed E-state index contributed by atoms with van der Waals surface area (Å²) in [5, 5.41) is 12.5. The zero-order valence-electron chi connectivity index (χ0n) is 14.3. The molecule has 1 spiro atoms. The van der Waals surface area contributed by atoms with Crippen molar-refractivity contribution in [1.29, 1.82) is 0 Å². The minimum atomic E-state index is -1.39. The maximum atomic E-state index is 13.4. The molecule has 0 saturated carbocycles. The van der Waals surface area contributed by atoms with Crippen LogP contribution in [0.25, 0.3) is 0 Å². The van der Waals surface area contributed by atoms with E-state index in [0.29, 0.717) is 23.6 Å². The summed E-state index contributed by atoms with van der Waals surface area (Å²) in [5.74, 6) is 0.416. The predicted molar refractivity (Wildman–Crippen MR) is 90.3 cm³/mol. The van der Waals surface area contributed by atoms with E-state index in [0.717, 1.165) is 0 Å². The van der Waals surface area contributed by atoms with Gasteiger partial charge in [-0.25, -0.2) is 0 Å². The number of carbonyl (C=O) groups is 1. The standard InChI is InChI=1S/C17H18ClNO6/c1-8-5-9(19-21)6-12(24-4)17(8)16(20)13-10(22-2)7-11(23-3)14(18)15(13)25-17/h6-8,21H,5H2,1-4H3/b19-9+. The van der Waals surface area contributed by atoms with Crippen LogP contribution >= 0.6 is 11.6 Å². The number of ether oxygens (including phenoxy) is 4. The molecule has 1 aliphatic heterocycles. The van der Waals surface area contributed by atoms with Crippen LogP contribution in [0.15, 0.2) is 23.1 Å². The first-order chi connectivity index (χ1) is 11.9. The van der Waals surface area contributed by atoms with E-state index >= 15 is 0 Å². The molecule has 0 saturated heterocycles. The number of allylic oxidation sites excluding steroid dienone is 1. The minimum absolute atomic E-state index is 0.188. The van der Waals surface area contributed by atoms with E-state index < -0.39 is 5.60 Å². The maximum absolute atomic E-state index is 13.4. The fourth-order valence-corrected chi connectivity index (χ4v) is 3.65. The highest BCUT2D eigenvalue weighted by molar-refractivity contribution is 6.35. The summed E-state index contributed by atoms with van der Waals surface area (Å²) in [6.07, 6.45) is 1.83. The summed E-state index contributed by atoms with van der Waals surface area (Å²) in [5.41, 5.74) is -0.750. The van der Waals surface area contributed by atoms with Crippen molar-refractivity contribution < 1.29 is 28.9 Å². The lowest BCUT2D eigenvalue weighted by molar-refractivity contribution is 0.0204. The lowest BCUT2D eigenvalue weighted by Crippen LogP contribution is -2.51. The Morgan fingerprint density at radius 2 is 1.96 bits per heavy atom. The molecule has 1 heterocycles. The summed E-state index contributed by atoms with van der Waals surface area (Å²) < 4.78 is 22.1. The van der Waals surface area contributed by atoms with Crippen molar-refractivity contribution in [1.82, 2.24) is 0 Å². The Morgan fingerprint density at radius 3 is 2.52 bits per heavy atom. The number of halogens is 1. The molecule has 25 heavy (non-hydrogen) atoms. The molecule has 0 fully saturated rings. The number of rotatable bonds is 3. The number of fused-ring (bicyclic) bond motifs is 1.